The molecule has 1 saturated heterocycles. The van der Waals surface area contributed by atoms with Gasteiger partial charge in [0.15, 0.2) is 0 Å². The minimum Gasteiger partial charge on any atom is -0.447 e. The maximum Gasteiger partial charge on any atom is 0.417 e. The summed E-state index contributed by atoms with van der Waals surface area (Å²) < 4.78 is 17.0. The largest absolute Gasteiger partial charge is 0.447 e. The molecule has 0 unspecified atom stereocenters. The Labute approximate surface area is 167 Å². The molecule has 2 amide bonds. The van der Waals surface area contributed by atoms with Crippen molar-refractivity contribution >= 4 is 12.0 Å². The summed E-state index contributed by atoms with van der Waals surface area (Å²) in [6.45, 7) is 10.2. The number of nitrogens with zero attached hydrogens (tertiary/aromatic N) is 1. The lowest BCUT2D eigenvalue weighted by molar-refractivity contribution is -0.141. The Bertz CT molecular complexity index is 646. The molecule has 1 aromatic rings. The summed E-state index contributed by atoms with van der Waals surface area (Å²) in [7, 11) is 0. The van der Waals surface area contributed by atoms with Crippen LogP contribution >= 0.6 is 0 Å². The van der Waals surface area contributed by atoms with Crippen LogP contribution in [0.15, 0.2) is 43.0 Å². The van der Waals surface area contributed by atoms with Crippen LogP contribution in [0.2, 0.25) is 0 Å². The highest BCUT2D eigenvalue weighted by atomic mass is 16.6. The van der Waals surface area contributed by atoms with Crippen molar-refractivity contribution in [1.29, 1.82) is 0 Å². The summed E-state index contributed by atoms with van der Waals surface area (Å²) in [6, 6.07) is 9.66. The molecular weight excluding hydrogens is 358 g/mol. The fraction of sp³-hybridized carbons (Fsp3) is 0.545. The number of ether oxygens (including phenoxy) is 3. The van der Waals surface area contributed by atoms with E-state index in [9.17, 15) is 9.59 Å². The Morgan fingerprint density at radius 1 is 1.29 bits per heavy atom. The standard InChI is InChI=1S/C22H31NO5/c1-5-10-20(19(6-2)26-13-17-11-8-7-9-12-17)27-15-21(24)23-18(16(3)4)14-28-22(23)25/h5,7-9,11-12,16,18-20H,1,6,10,13-15H2,2-4H3/t18-,19+,20-/m1/s1. The number of rotatable bonds is 11. The molecule has 28 heavy (non-hydrogen) atoms. The molecular formula is C22H31NO5. The first kappa shape index (κ1) is 22.1. The molecule has 0 bridgehead atoms. The summed E-state index contributed by atoms with van der Waals surface area (Å²) in [6.07, 6.45) is 1.95. The second-order valence-electron chi connectivity index (χ2n) is 7.27. The Morgan fingerprint density at radius 3 is 2.61 bits per heavy atom. The Hall–Kier alpha value is -2.18. The van der Waals surface area contributed by atoms with Gasteiger partial charge in [-0.3, -0.25) is 4.79 Å². The van der Waals surface area contributed by atoms with Crippen LogP contribution in [0.1, 0.15) is 39.2 Å². The topological polar surface area (TPSA) is 65.1 Å². The predicted octanol–water partition coefficient (Wildman–Crippen LogP) is 3.95. The van der Waals surface area contributed by atoms with E-state index in [2.05, 4.69) is 6.58 Å². The molecule has 0 radical (unpaired) electrons. The Kier molecular flexibility index (Phi) is 8.67. The van der Waals surface area contributed by atoms with E-state index in [0.717, 1.165) is 12.0 Å². The number of benzene rings is 1. The first-order chi connectivity index (χ1) is 13.5. The number of carbonyl (C=O) groups excluding carboxylic acids is 2. The van der Waals surface area contributed by atoms with Gasteiger partial charge in [0.2, 0.25) is 0 Å². The van der Waals surface area contributed by atoms with E-state index >= 15 is 0 Å². The molecule has 154 valence electrons. The zero-order valence-corrected chi connectivity index (χ0v) is 17.0. The normalized spacial score (nSPS) is 18.8. The monoisotopic (exact) mass is 389 g/mol. The molecule has 1 aliphatic heterocycles. The zero-order chi connectivity index (χ0) is 20.5. The van der Waals surface area contributed by atoms with Gasteiger partial charge in [-0.15, -0.1) is 6.58 Å². The van der Waals surface area contributed by atoms with Crippen molar-refractivity contribution in [1.82, 2.24) is 4.90 Å². The van der Waals surface area contributed by atoms with Crippen molar-refractivity contribution in [3.8, 4) is 0 Å². The van der Waals surface area contributed by atoms with E-state index in [0.29, 0.717) is 13.0 Å². The van der Waals surface area contributed by atoms with Crippen molar-refractivity contribution in [3.63, 3.8) is 0 Å². The molecule has 0 saturated carbocycles. The molecule has 0 aliphatic carbocycles. The maximum absolute atomic E-state index is 12.6. The number of hydrogen-bond donors (Lipinski definition) is 0. The van der Waals surface area contributed by atoms with Gasteiger partial charge in [-0.1, -0.05) is 57.2 Å². The first-order valence-electron chi connectivity index (χ1n) is 9.84. The lowest BCUT2D eigenvalue weighted by Gasteiger charge is -2.27. The van der Waals surface area contributed by atoms with Crippen LogP contribution in [0.25, 0.3) is 0 Å². The Balaban J connectivity index is 1.95. The average molecular weight is 389 g/mol. The van der Waals surface area contributed by atoms with Gasteiger partial charge < -0.3 is 14.2 Å². The number of imide groups is 1. The molecule has 0 N–H and O–H groups in total. The van der Waals surface area contributed by atoms with Crippen molar-refractivity contribution in [2.45, 2.75) is 58.5 Å². The van der Waals surface area contributed by atoms with Gasteiger partial charge in [-0.05, 0) is 24.3 Å². The van der Waals surface area contributed by atoms with Crippen LogP contribution in [0.5, 0.6) is 0 Å². The van der Waals surface area contributed by atoms with Crippen LogP contribution in [-0.4, -0.2) is 48.4 Å². The highest BCUT2D eigenvalue weighted by molar-refractivity contribution is 5.94. The van der Waals surface area contributed by atoms with Gasteiger partial charge in [-0.25, -0.2) is 9.69 Å². The van der Waals surface area contributed by atoms with Gasteiger partial charge in [0.25, 0.3) is 5.91 Å². The number of hydrogen-bond acceptors (Lipinski definition) is 5. The van der Waals surface area contributed by atoms with Crippen LogP contribution in [0.3, 0.4) is 0 Å². The van der Waals surface area contributed by atoms with Crippen molar-refractivity contribution < 1.29 is 23.8 Å². The molecule has 1 fully saturated rings. The van der Waals surface area contributed by atoms with E-state index in [1.54, 1.807) is 6.08 Å². The molecule has 6 heteroatoms. The molecule has 0 aromatic heterocycles. The lowest BCUT2D eigenvalue weighted by atomic mass is 10.0. The third kappa shape index (κ3) is 5.91. The van der Waals surface area contributed by atoms with Crippen molar-refractivity contribution in [2.24, 2.45) is 5.92 Å². The van der Waals surface area contributed by atoms with Gasteiger partial charge in [-0.2, -0.15) is 0 Å². The van der Waals surface area contributed by atoms with Crippen LogP contribution in [-0.2, 0) is 25.6 Å². The van der Waals surface area contributed by atoms with Gasteiger partial charge in [0.05, 0.1) is 24.9 Å². The fourth-order valence-corrected chi connectivity index (χ4v) is 3.22. The SMILES string of the molecule is C=CC[C@@H](OCC(=O)N1C(=O)OC[C@@H]1C(C)C)[C@H](CC)OCc1ccccc1. The molecule has 0 spiro atoms. The molecule has 3 atom stereocenters. The van der Waals surface area contributed by atoms with Gasteiger partial charge in [0, 0.05) is 0 Å². The molecule has 6 nitrogen and oxygen atoms in total. The maximum atomic E-state index is 12.6. The Morgan fingerprint density at radius 2 is 2.00 bits per heavy atom. The predicted molar refractivity (Wildman–Crippen MR) is 107 cm³/mol. The first-order valence-corrected chi connectivity index (χ1v) is 9.84. The summed E-state index contributed by atoms with van der Waals surface area (Å²) in [4.78, 5) is 25.7. The molecule has 1 aromatic carbocycles. The van der Waals surface area contributed by atoms with E-state index < -0.39 is 6.09 Å². The summed E-state index contributed by atoms with van der Waals surface area (Å²) >= 11 is 0. The van der Waals surface area contributed by atoms with Crippen molar-refractivity contribution in [3.05, 3.63) is 48.6 Å². The minimum atomic E-state index is -0.597. The molecule has 1 aliphatic rings. The highest BCUT2D eigenvalue weighted by Gasteiger charge is 2.39. The smallest absolute Gasteiger partial charge is 0.417 e. The summed E-state index contributed by atoms with van der Waals surface area (Å²) in [5.74, 6) is -0.259. The zero-order valence-electron chi connectivity index (χ0n) is 17.0. The van der Waals surface area contributed by atoms with E-state index in [1.165, 1.54) is 4.90 Å². The minimum absolute atomic E-state index is 0.122. The third-order valence-corrected chi connectivity index (χ3v) is 4.89. The number of cyclic esters (lactones) is 1. The third-order valence-electron chi connectivity index (χ3n) is 4.89. The highest BCUT2D eigenvalue weighted by Crippen LogP contribution is 2.21. The summed E-state index contributed by atoms with van der Waals surface area (Å²) in [5, 5.41) is 0. The number of carbonyl (C=O) groups is 2. The number of amides is 2. The second kappa shape index (κ2) is 11.0. The van der Waals surface area contributed by atoms with E-state index in [4.69, 9.17) is 14.2 Å². The lowest BCUT2D eigenvalue weighted by Crippen LogP contribution is -2.44. The van der Waals surface area contributed by atoms with Crippen LogP contribution < -0.4 is 0 Å². The molecule has 2 rings (SSSR count). The summed E-state index contributed by atoms with van der Waals surface area (Å²) in [5.41, 5.74) is 1.08. The fourth-order valence-electron chi connectivity index (χ4n) is 3.22. The van der Waals surface area contributed by atoms with Crippen molar-refractivity contribution in [2.75, 3.05) is 13.2 Å². The quantitative estimate of drug-likeness (QED) is 0.536. The van der Waals surface area contributed by atoms with E-state index in [1.807, 2.05) is 51.1 Å². The van der Waals surface area contributed by atoms with E-state index in [-0.39, 0.29) is 43.3 Å². The average Bonchev–Trinajstić information content (AvgIpc) is 3.08. The van der Waals surface area contributed by atoms with Crippen LogP contribution in [0.4, 0.5) is 4.79 Å². The molecule has 1 heterocycles. The second-order valence-corrected chi connectivity index (χ2v) is 7.27. The van der Waals surface area contributed by atoms with Crippen LogP contribution in [0, 0.1) is 5.92 Å². The van der Waals surface area contributed by atoms with Gasteiger partial charge >= 0.3 is 6.09 Å². The van der Waals surface area contributed by atoms with Gasteiger partial charge in [0.1, 0.15) is 13.2 Å².